The molecule has 0 radical (unpaired) electrons. The molecule has 0 bridgehead atoms. The molecular weight excluding hydrogens is 883 g/mol. The smallest absolute Gasteiger partial charge is 0.249 e. The number of ether oxygens (including phenoxy) is 2. The predicted octanol–water partition coefficient (Wildman–Crippen LogP) is 12.5. The van der Waals surface area contributed by atoms with E-state index in [9.17, 15) is 40.5 Å². The molecule has 1 aliphatic heterocycles. The number of nitrogens with one attached hydrogen (secondary N) is 1. The second-order valence-electron chi connectivity index (χ2n) is 21.1. The van der Waals surface area contributed by atoms with Gasteiger partial charge in [0.2, 0.25) is 5.91 Å². The number of hydrogen-bond donors (Lipinski definition) is 8. The summed E-state index contributed by atoms with van der Waals surface area (Å²) in [6.07, 6.45) is 46.7. The highest BCUT2D eigenvalue weighted by molar-refractivity contribution is 5.80. The van der Waals surface area contributed by atoms with Gasteiger partial charge in [0.25, 0.3) is 0 Å². The summed E-state index contributed by atoms with van der Waals surface area (Å²) in [5.74, 6) is -0.704. The van der Waals surface area contributed by atoms with Gasteiger partial charge in [-0.25, -0.2) is 0 Å². The van der Waals surface area contributed by atoms with Crippen LogP contribution in [0.1, 0.15) is 277 Å². The summed E-state index contributed by atoms with van der Waals surface area (Å²) >= 11 is 0. The highest BCUT2D eigenvalue weighted by Crippen LogP contribution is 2.23. The van der Waals surface area contributed by atoms with E-state index in [0.29, 0.717) is 12.8 Å². The van der Waals surface area contributed by atoms with E-state index in [0.717, 1.165) is 38.5 Å². The first-order chi connectivity index (χ1) is 34.2. The maximum absolute atomic E-state index is 13.2. The summed E-state index contributed by atoms with van der Waals surface area (Å²) in [6, 6.07) is -1.18. The number of allylic oxidation sites excluding steroid dienone is 4. The number of unbranched alkanes of at least 4 members (excludes halogenated alkanes) is 35. The topological polar surface area (TPSA) is 189 Å². The maximum atomic E-state index is 13.2. The molecule has 0 aromatic rings. The van der Waals surface area contributed by atoms with Crippen molar-refractivity contribution in [2.24, 2.45) is 0 Å². The third-order valence-corrected chi connectivity index (χ3v) is 14.5. The number of amides is 1. The van der Waals surface area contributed by atoms with Gasteiger partial charge in [0.1, 0.15) is 36.6 Å². The number of carbonyl (C=O) groups is 1. The van der Waals surface area contributed by atoms with E-state index in [2.05, 4.69) is 43.5 Å². The zero-order valence-corrected chi connectivity index (χ0v) is 45.3. The molecule has 8 N–H and O–H groups in total. The Morgan fingerprint density at radius 3 is 1.23 bits per heavy atom. The average molecular weight is 997 g/mol. The highest BCUT2D eigenvalue weighted by Gasteiger charge is 2.44. The molecule has 0 aromatic heterocycles. The number of aliphatic hydroxyl groups excluding tert-OH is 7. The van der Waals surface area contributed by atoms with Crippen molar-refractivity contribution in [2.45, 2.75) is 332 Å². The summed E-state index contributed by atoms with van der Waals surface area (Å²) in [5.41, 5.74) is 0. The number of rotatable bonds is 51. The summed E-state index contributed by atoms with van der Waals surface area (Å²) in [7, 11) is 0. The first-order valence-corrected chi connectivity index (χ1v) is 29.7. The van der Waals surface area contributed by atoms with Crippen LogP contribution < -0.4 is 5.32 Å². The zero-order valence-electron chi connectivity index (χ0n) is 45.3. The molecule has 414 valence electrons. The molecule has 1 amide bonds. The van der Waals surface area contributed by atoms with Gasteiger partial charge < -0.3 is 50.5 Å². The second kappa shape index (κ2) is 48.5. The van der Waals surface area contributed by atoms with Gasteiger partial charge in [-0.2, -0.15) is 0 Å². The van der Waals surface area contributed by atoms with E-state index < -0.39 is 74.2 Å². The van der Waals surface area contributed by atoms with Crippen molar-refractivity contribution in [3.8, 4) is 0 Å². The van der Waals surface area contributed by atoms with E-state index in [1.165, 1.54) is 199 Å². The molecule has 0 aromatic carbocycles. The maximum Gasteiger partial charge on any atom is 0.249 e. The SMILES string of the molecule is CCCCCCCCCCCC/C=C/CCCC(O)C(O)C(COC1OC(CO)C(O)C(O)C1O)NC(=O)C(O)CCCCCCCCCCCCCC/C=C\CCCCCCCCCCCCCC. The van der Waals surface area contributed by atoms with Crippen LogP contribution in [0.25, 0.3) is 0 Å². The molecule has 1 fully saturated rings. The average Bonchev–Trinajstić information content (AvgIpc) is 3.36. The first-order valence-electron chi connectivity index (χ1n) is 29.7. The summed E-state index contributed by atoms with van der Waals surface area (Å²) in [6.45, 7) is 3.46. The van der Waals surface area contributed by atoms with Gasteiger partial charge >= 0.3 is 0 Å². The minimum atomic E-state index is -1.67. The lowest BCUT2D eigenvalue weighted by Gasteiger charge is -2.40. The fourth-order valence-corrected chi connectivity index (χ4v) is 9.61. The molecule has 70 heavy (non-hydrogen) atoms. The third kappa shape index (κ3) is 36.5. The third-order valence-electron chi connectivity index (χ3n) is 14.5. The van der Waals surface area contributed by atoms with Crippen LogP contribution in [-0.2, 0) is 14.3 Å². The normalized spacial score (nSPS) is 20.4. The Morgan fingerprint density at radius 2 is 0.843 bits per heavy atom. The van der Waals surface area contributed by atoms with Gasteiger partial charge in [0.15, 0.2) is 6.29 Å². The quantitative estimate of drug-likeness (QED) is 0.0215. The van der Waals surface area contributed by atoms with E-state index in [1.54, 1.807) is 0 Å². The Morgan fingerprint density at radius 1 is 0.486 bits per heavy atom. The molecule has 11 nitrogen and oxygen atoms in total. The highest BCUT2D eigenvalue weighted by atomic mass is 16.7. The van der Waals surface area contributed by atoms with Crippen molar-refractivity contribution in [1.82, 2.24) is 5.32 Å². The van der Waals surface area contributed by atoms with Crippen molar-refractivity contribution >= 4 is 5.91 Å². The standard InChI is InChI=1S/C59H113NO10/c1-3-5-7-9-11-13-15-17-19-20-21-22-23-24-25-26-27-28-29-30-31-33-35-37-39-41-43-45-47-52(63)58(68)60-50(49-69-59-57(67)56(66)55(65)53(48-61)70-59)54(64)51(62)46-44-42-40-38-36-34-32-18-16-14-12-10-8-6-4-2/h24-25,38,40,50-57,59,61-67H,3-23,26-37,39,41-49H2,1-2H3,(H,60,68)/b25-24-,40-38+. The van der Waals surface area contributed by atoms with Gasteiger partial charge in [0, 0.05) is 0 Å². The molecule has 0 spiro atoms. The fourth-order valence-electron chi connectivity index (χ4n) is 9.61. The van der Waals surface area contributed by atoms with Crippen LogP contribution in [0.4, 0.5) is 0 Å². The van der Waals surface area contributed by atoms with Crippen LogP contribution in [0, 0.1) is 0 Å². The van der Waals surface area contributed by atoms with Crippen molar-refractivity contribution in [3.05, 3.63) is 24.3 Å². The molecule has 0 aliphatic carbocycles. The monoisotopic (exact) mass is 996 g/mol. The lowest BCUT2D eigenvalue weighted by molar-refractivity contribution is -0.303. The van der Waals surface area contributed by atoms with Crippen LogP contribution in [0.5, 0.6) is 0 Å². The Kier molecular flexibility index (Phi) is 46.2. The van der Waals surface area contributed by atoms with Crippen molar-refractivity contribution in [2.75, 3.05) is 13.2 Å². The largest absolute Gasteiger partial charge is 0.394 e. The second-order valence-corrected chi connectivity index (χ2v) is 21.1. The molecule has 1 saturated heterocycles. The van der Waals surface area contributed by atoms with E-state index in [-0.39, 0.29) is 12.8 Å². The fraction of sp³-hybridized carbons (Fsp3) is 0.915. The molecule has 11 heteroatoms. The Bertz CT molecular complexity index is 1190. The lowest BCUT2D eigenvalue weighted by atomic mass is 9.98. The van der Waals surface area contributed by atoms with Crippen LogP contribution >= 0.6 is 0 Å². The van der Waals surface area contributed by atoms with Crippen LogP contribution in [-0.4, -0.2) is 110 Å². The van der Waals surface area contributed by atoms with Crippen LogP contribution in [0.3, 0.4) is 0 Å². The van der Waals surface area contributed by atoms with Gasteiger partial charge in [-0.05, 0) is 64.2 Å². The summed E-state index contributed by atoms with van der Waals surface area (Å²) in [5, 5.41) is 76.1. The molecule has 1 rings (SSSR count). The van der Waals surface area contributed by atoms with Crippen molar-refractivity contribution in [1.29, 1.82) is 0 Å². The lowest BCUT2D eigenvalue weighted by Crippen LogP contribution is -2.60. The van der Waals surface area contributed by atoms with Crippen molar-refractivity contribution in [3.63, 3.8) is 0 Å². The van der Waals surface area contributed by atoms with Gasteiger partial charge in [0.05, 0.1) is 25.4 Å². The van der Waals surface area contributed by atoms with Gasteiger partial charge in [-0.1, -0.05) is 237 Å². The van der Waals surface area contributed by atoms with E-state index >= 15 is 0 Å². The van der Waals surface area contributed by atoms with Crippen molar-refractivity contribution < 1.29 is 50.0 Å². The summed E-state index contributed by atoms with van der Waals surface area (Å²) < 4.78 is 11.1. The van der Waals surface area contributed by atoms with E-state index in [4.69, 9.17) is 9.47 Å². The van der Waals surface area contributed by atoms with Gasteiger partial charge in [-0.3, -0.25) is 4.79 Å². The van der Waals surface area contributed by atoms with Crippen LogP contribution in [0.15, 0.2) is 24.3 Å². The van der Waals surface area contributed by atoms with Gasteiger partial charge in [-0.15, -0.1) is 0 Å². The summed E-state index contributed by atoms with van der Waals surface area (Å²) in [4.78, 5) is 13.2. The Hall–Kier alpha value is -1.41. The molecular formula is C59H113NO10. The Labute approximate surface area is 429 Å². The molecule has 9 atom stereocenters. The predicted molar refractivity (Wildman–Crippen MR) is 289 cm³/mol. The minimum Gasteiger partial charge on any atom is -0.394 e. The molecule has 1 heterocycles. The zero-order chi connectivity index (χ0) is 51.1. The molecule has 9 unspecified atom stereocenters. The molecule has 0 saturated carbocycles. The number of carbonyl (C=O) groups excluding carboxylic acids is 1. The minimum absolute atomic E-state index is 0.255. The Balaban J connectivity index is 2.26. The van der Waals surface area contributed by atoms with Crippen LogP contribution in [0.2, 0.25) is 0 Å². The number of aliphatic hydroxyl groups is 7. The van der Waals surface area contributed by atoms with E-state index in [1.807, 2.05) is 0 Å². The first kappa shape index (κ1) is 66.6. The number of hydrogen-bond acceptors (Lipinski definition) is 10. The molecule has 1 aliphatic rings.